The highest BCUT2D eigenvalue weighted by Gasteiger charge is 2.69. The summed E-state index contributed by atoms with van der Waals surface area (Å²) in [5, 5.41) is 0. The molecule has 0 aromatic heterocycles. The zero-order valence-electron chi connectivity index (χ0n) is 13.7. The number of hydrogen-bond acceptors (Lipinski definition) is 3. The number of esters is 1. The molecule has 1 aliphatic carbocycles. The van der Waals surface area contributed by atoms with Gasteiger partial charge in [-0.05, 0) is 23.0 Å². The number of rotatable bonds is 6. The molecular weight excluding hydrogens is 268 g/mol. The molecule has 0 aromatic rings. The molecule has 2 atom stereocenters. The molecule has 0 unspecified atom stereocenters. The summed E-state index contributed by atoms with van der Waals surface area (Å²) in [7, 11) is -2.02. The van der Waals surface area contributed by atoms with Gasteiger partial charge in [0.25, 0.3) is 8.32 Å². The van der Waals surface area contributed by atoms with Crippen LogP contribution in [0.4, 0.5) is 0 Å². The molecule has 1 saturated carbocycles. The molecule has 0 aromatic carbocycles. The average Bonchev–Trinajstić information content (AvgIpc) is 2.99. The van der Waals surface area contributed by atoms with Gasteiger partial charge in [0.1, 0.15) is 5.41 Å². The molecule has 114 valence electrons. The molecule has 0 radical (unpaired) electrons. The lowest BCUT2D eigenvalue weighted by Gasteiger charge is -2.43. The van der Waals surface area contributed by atoms with Gasteiger partial charge in [-0.25, -0.2) is 0 Å². The highest BCUT2D eigenvalue weighted by atomic mass is 28.4. The van der Waals surface area contributed by atoms with Crippen molar-refractivity contribution in [3.8, 4) is 0 Å². The molecule has 1 saturated heterocycles. The van der Waals surface area contributed by atoms with E-state index >= 15 is 0 Å². The zero-order chi connectivity index (χ0) is 15.3. The van der Waals surface area contributed by atoms with Crippen molar-refractivity contribution in [3.05, 3.63) is 12.3 Å². The Morgan fingerprint density at radius 2 is 1.75 bits per heavy atom. The molecule has 3 nitrogen and oxygen atoms in total. The van der Waals surface area contributed by atoms with Gasteiger partial charge in [0, 0.05) is 5.92 Å². The quantitative estimate of drug-likeness (QED) is 0.417. The van der Waals surface area contributed by atoms with Gasteiger partial charge in [-0.3, -0.25) is 4.79 Å². The van der Waals surface area contributed by atoms with Crippen molar-refractivity contribution in [1.82, 2.24) is 0 Å². The molecule has 2 fully saturated rings. The lowest BCUT2D eigenvalue weighted by Crippen LogP contribution is -2.48. The molecule has 0 spiro atoms. The first kappa shape index (κ1) is 15.6. The highest BCUT2D eigenvalue weighted by molar-refractivity contribution is 6.77. The number of carbonyl (C=O) groups excluding carboxylic acids is 1. The van der Waals surface area contributed by atoms with Gasteiger partial charge in [-0.1, -0.05) is 48.1 Å². The van der Waals surface area contributed by atoms with E-state index in [1.807, 2.05) is 0 Å². The van der Waals surface area contributed by atoms with Crippen LogP contribution in [0.15, 0.2) is 12.3 Å². The van der Waals surface area contributed by atoms with Crippen molar-refractivity contribution in [2.75, 3.05) is 6.61 Å². The van der Waals surface area contributed by atoms with E-state index in [-0.39, 0.29) is 5.97 Å². The predicted molar refractivity (Wildman–Crippen MR) is 82.8 cm³/mol. The minimum atomic E-state index is -2.02. The van der Waals surface area contributed by atoms with Gasteiger partial charge >= 0.3 is 5.97 Å². The van der Waals surface area contributed by atoms with Gasteiger partial charge in [-0.2, -0.15) is 0 Å². The monoisotopic (exact) mass is 296 g/mol. The van der Waals surface area contributed by atoms with E-state index in [9.17, 15) is 4.79 Å². The van der Waals surface area contributed by atoms with Crippen LogP contribution in [-0.2, 0) is 14.0 Å². The topological polar surface area (TPSA) is 35.5 Å². The van der Waals surface area contributed by atoms with Crippen LogP contribution in [-0.4, -0.2) is 20.9 Å². The molecule has 2 rings (SSSR count). The third-order valence-corrected chi connectivity index (χ3v) is 11.4. The van der Waals surface area contributed by atoms with Crippen LogP contribution >= 0.6 is 0 Å². The summed E-state index contributed by atoms with van der Waals surface area (Å²) >= 11 is 0. The second-order valence-electron chi connectivity index (χ2n) is 7.31. The summed E-state index contributed by atoms with van der Waals surface area (Å²) in [6, 6.07) is 0. The van der Waals surface area contributed by atoms with Crippen molar-refractivity contribution in [2.45, 2.75) is 64.6 Å². The Bertz CT molecular complexity index is 406. The van der Waals surface area contributed by atoms with Crippen LogP contribution in [0.3, 0.4) is 0 Å². The molecule has 0 N–H and O–H groups in total. The Hall–Kier alpha value is -0.773. The maximum Gasteiger partial charge on any atom is 0.320 e. The van der Waals surface area contributed by atoms with E-state index in [0.717, 1.165) is 6.42 Å². The number of hydrogen-bond donors (Lipinski definition) is 0. The lowest BCUT2D eigenvalue weighted by molar-refractivity contribution is -0.144. The summed E-state index contributed by atoms with van der Waals surface area (Å²) < 4.78 is 11.7. The van der Waals surface area contributed by atoms with Crippen LogP contribution in [0.5, 0.6) is 0 Å². The Kier molecular flexibility index (Phi) is 3.82. The predicted octanol–water partition coefficient (Wildman–Crippen LogP) is 4.26. The van der Waals surface area contributed by atoms with E-state index in [2.05, 4.69) is 48.1 Å². The second-order valence-corrected chi connectivity index (χ2v) is 12.7. The third-order valence-electron chi connectivity index (χ3n) is 5.39. The Morgan fingerprint density at radius 1 is 1.25 bits per heavy atom. The summed E-state index contributed by atoms with van der Waals surface area (Å²) in [6.45, 7) is 18.2. The van der Waals surface area contributed by atoms with Gasteiger partial charge in [0.15, 0.2) is 0 Å². The molecule has 2 aliphatic rings. The van der Waals surface area contributed by atoms with Gasteiger partial charge in [-0.15, -0.1) is 0 Å². The maximum absolute atomic E-state index is 12.0. The number of fused-ring (bicyclic) bond motifs is 1. The molecule has 0 bridgehead atoms. The Balaban J connectivity index is 2.25. The fourth-order valence-electron chi connectivity index (χ4n) is 4.20. The van der Waals surface area contributed by atoms with Crippen LogP contribution in [0.2, 0.25) is 16.6 Å². The Morgan fingerprint density at radius 3 is 2.05 bits per heavy atom. The normalized spacial score (nSPS) is 28.9. The first-order valence-electron chi connectivity index (χ1n) is 7.75. The molecule has 20 heavy (non-hydrogen) atoms. The lowest BCUT2D eigenvalue weighted by atomic mass is 10.0. The number of carbonyl (C=O) groups is 1. The summed E-state index contributed by atoms with van der Waals surface area (Å²) in [4.78, 5) is 12.0. The standard InChI is InChI=1S/C16H28O3Si/c1-10(2)20(11(3)4,12(5)6)19-13(7)16-8-14(16)9-18-15(16)17/h10-12,14H,7-9H2,1-6H3/t14-,16+/m1/s1. The summed E-state index contributed by atoms with van der Waals surface area (Å²) in [5.74, 6) is 0.875. The molecule has 4 heteroatoms. The van der Waals surface area contributed by atoms with Crippen molar-refractivity contribution < 1.29 is 14.0 Å². The van der Waals surface area contributed by atoms with Crippen LogP contribution in [0.1, 0.15) is 48.0 Å². The Labute approximate surface area is 123 Å². The van der Waals surface area contributed by atoms with Crippen molar-refractivity contribution in [3.63, 3.8) is 0 Å². The summed E-state index contributed by atoms with van der Waals surface area (Å²) in [5.41, 5.74) is 0.970. The number of cyclic esters (lactones) is 1. The maximum atomic E-state index is 12.0. The fraction of sp³-hybridized carbons (Fsp3) is 0.812. The first-order valence-corrected chi connectivity index (χ1v) is 9.89. The average molecular weight is 296 g/mol. The third kappa shape index (κ3) is 1.95. The van der Waals surface area contributed by atoms with Gasteiger partial charge in [0.2, 0.25) is 0 Å². The molecular formula is C16H28O3Si. The van der Waals surface area contributed by atoms with Crippen molar-refractivity contribution in [2.24, 2.45) is 11.3 Å². The second kappa shape index (κ2) is 4.90. The van der Waals surface area contributed by atoms with Crippen molar-refractivity contribution in [1.29, 1.82) is 0 Å². The first-order chi connectivity index (χ1) is 9.19. The number of ether oxygens (including phenoxy) is 1. The minimum Gasteiger partial charge on any atom is -0.545 e. The molecule has 1 aliphatic heterocycles. The van der Waals surface area contributed by atoms with Crippen LogP contribution in [0, 0.1) is 11.3 Å². The highest BCUT2D eigenvalue weighted by Crippen LogP contribution is 2.63. The fourth-order valence-corrected chi connectivity index (χ4v) is 9.52. The van der Waals surface area contributed by atoms with E-state index in [1.54, 1.807) is 0 Å². The van der Waals surface area contributed by atoms with Crippen LogP contribution in [0.25, 0.3) is 0 Å². The SMILES string of the molecule is C=C(O[Si](C(C)C)(C(C)C)C(C)C)[C@@]12C[C@@H]1COC2=O. The zero-order valence-corrected chi connectivity index (χ0v) is 14.7. The van der Waals surface area contributed by atoms with Gasteiger partial charge < -0.3 is 9.16 Å². The molecule has 0 amide bonds. The molecule has 1 heterocycles. The summed E-state index contributed by atoms with van der Waals surface area (Å²) in [6.07, 6.45) is 0.865. The largest absolute Gasteiger partial charge is 0.545 e. The van der Waals surface area contributed by atoms with E-state index in [4.69, 9.17) is 9.16 Å². The van der Waals surface area contributed by atoms with Crippen molar-refractivity contribution >= 4 is 14.3 Å². The van der Waals surface area contributed by atoms with E-state index < -0.39 is 13.7 Å². The van der Waals surface area contributed by atoms with Gasteiger partial charge in [0.05, 0.1) is 12.4 Å². The minimum absolute atomic E-state index is 0.119. The van der Waals surface area contributed by atoms with E-state index in [0.29, 0.717) is 34.9 Å². The van der Waals surface area contributed by atoms with Crippen LogP contribution < -0.4 is 0 Å². The van der Waals surface area contributed by atoms with E-state index in [1.165, 1.54) is 0 Å². The smallest absolute Gasteiger partial charge is 0.320 e.